The summed E-state index contributed by atoms with van der Waals surface area (Å²) in [5.74, 6) is 1.88. The molecule has 6 heteroatoms. The van der Waals surface area contributed by atoms with Crippen LogP contribution in [0.5, 0.6) is 17.2 Å². The second kappa shape index (κ2) is 13.1. The van der Waals surface area contributed by atoms with E-state index in [0.717, 1.165) is 28.9 Å². The molecule has 1 amide bonds. The molecule has 40 heavy (non-hydrogen) atoms. The number of benzene rings is 4. The molecule has 0 fully saturated rings. The number of amides is 1. The summed E-state index contributed by atoms with van der Waals surface area (Å²) in [7, 11) is 1.66. The minimum atomic E-state index is -0.806. The molecule has 0 aliphatic carbocycles. The Balaban J connectivity index is 1.32. The molecular weight excluding hydrogens is 500 g/mol. The molecule has 0 aromatic heterocycles. The van der Waals surface area contributed by atoms with Gasteiger partial charge in [0.15, 0.2) is 0 Å². The molecule has 0 spiro atoms. The van der Waals surface area contributed by atoms with E-state index in [9.17, 15) is 9.90 Å². The minimum absolute atomic E-state index is 0.260. The molecule has 1 aliphatic rings. The third-order valence-corrected chi connectivity index (χ3v) is 7.02. The van der Waals surface area contributed by atoms with Crippen molar-refractivity contribution in [2.24, 2.45) is 0 Å². The average molecular weight is 535 g/mol. The maximum absolute atomic E-state index is 13.8. The Kier molecular flexibility index (Phi) is 8.91. The van der Waals surface area contributed by atoms with Gasteiger partial charge in [0, 0.05) is 17.7 Å². The van der Waals surface area contributed by atoms with Gasteiger partial charge in [0.1, 0.15) is 17.2 Å². The predicted molar refractivity (Wildman–Crippen MR) is 158 cm³/mol. The number of methoxy groups -OCH3 is 1. The fourth-order valence-corrected chi connectivity index (χ4v) is 4.86. The van der Waals surface area contributed by atoms with Gasteiger partial charge in [-0.3, -0.25) is 4.79 Å². The molecule has 0 radical (unpaired) electrons. The Morgan fingerprint density at radius 2 is 1.60 bits per heavy atom. The molecule has 3 N–H and O–H groups in total. The van der Waals surface area contributed by atoms with Gasteiger partial charge < -0.3 is 25.2 Å². The van der Waals surface area contributed by atoms with Crippen molar-refractivity contribution in [1.29, 1.82) is 0 Å². The zero-order valence-electron chi connectivity index (χ0n) is 22.5. The van der Waals surface area contributed by atoms with Gasteiger partial charge >= 0.3 is 0 Å². The van der Waals surface area contributed by atoms with Crippen LogP contribution >= 0.6 is 0 Å². The van der Waals surface area contributed by atoms with Crippen LogP contribution in [0.15, 0.2) is 103 Å². The lowest BCUT2D eigenvalue weighted by Gasteiger charge is -2.25. The van der Waals surface area contributed by atoms with Gasteiger partial charge in [-0.05, 0) is 60.9 Å². The number of carbonyl (C=O) groups is 1. The highest BCUT2D eigenvalue weighted by atomic mass is 16.5. The van der Waals surface area contributed by atoms with Crippen molar-refractivity contribution in [2.45, 2.75) is 25.0 Å². The van der Waals surface area contributed by atoms with Gasteiger partial charge in [-0.1, -0.05) is 78.9 Å². The molecule has 4 aromatic rings. The van der Waals surface area contributed by atoms with Crippen LogP contribution in [0.4, 0.5) is 0 Å². The highest BCUT2D eigenvalue weighted by molar-refractivity contribution is 6.25. The Morgan fingerprint density at radius 1 is 0.875 bits per heavy atom. The van der Waals surface area contributed by atoms with Crippen LogP contribution in [0.25, 0.3) is 11.6 Å². The number of carbonyl (C=O) groups excluding carboxylic acids is 1. The first-order chi connectivity index (χ1) is 19.6. The van der Waals surface area contributed by atoms with Crippen LogP contribution in [-0.4, -0.2) is 43.4 Å². The fourth-order valence-electron chi connectivity index (χ4n) is 4.86. The molecule has 204 valence electrons. The number of rotatable bonds is 11. The standard InChI is InChI=1S/C34H34N2O4/c1-39-27-14-9-12-25(20-27)18-19-35-23-31(37)30(21-24-10-3-2-4-11-24)36-34(38)29-22-26-13-5-7-16-32(26)40-33-17-8-6-15-28(29)33/h2-17,20,22,30-31,35,37H,18-19,21,23H2,1H3,(H,36,38)/t30-,31+/m0/s1. The normalized spacial score (nSPS) is 13.5. The van der Waals surface area contributed by atoms with Gasteiger partial charge in [-0.15, -0.1) is 0 Å². The van der Waals surface area contributed by atoms with Crippen molar-refractivity contribution in [3.63, 3.8) is 0 Å². The lowest BCUT2D eigenvalue weighted by molar-refractivity contribution is -0.117. The first kappa shape index (κ1) is 27.2. The van der Waals surface area contributed by atoms with Gasteiger partial charge in [0.2, 0.25) is 0 Å². The number of hydrogen-bond acceptors (Lipinski definition) is 5. The monoisotopic (exact) mass is 534 g/mol. The first-order valence-electron chi connectivity index (χ1n) is 13.5. The topological polar surface area (TPSA) is 79.8 Å². The zero-order chi connectivity index (χ0) is 27.7. The predicted octanol–water partition coefficient (Wildman–Crippen LogP) is 5.26. The van der Waals surface area contributed by atoms with Crippen molar-refractivity contribution in [1.82, 2.24) is 10.6 Å². The van der Waals surface area contributed by atoms with Crippen molar-refractivity contribution in [3.05, 3.63) is 125 Å². The Morgan fingerprint density at radius 3 is 2.42 bits per heavy atom. The van der Waals surface area contributed by atoms with Crippen molar-refractivity contribution in [3.8, 4) is 17.2 Å². The summed E-state index contributed by atoms with van der Waals surface area (Å²) in [6.07, 6.45) is 2.34. The van der Waals surface area contributed by atoms with Gasteiger partial charge in [-0.2, -0.15) is 0 Å². The van der Waals surface area contributed by atoms with E-state index < -0.39 is 12.1 Å². The number of fused-ring (bicyclic) bond motifs is 2. The summed E-state index contributed by atoms with van der Waals surface area (Å²) >= 11 is 0. The highest BCUT2D eigenvalue weighted by Gasteiger charge is 2.26. The van der Waals surface area contributed by atoms with Crippen LogP contribution in [0.3, 0.4) is 0 Å². The summed E-state index contributed by atoms with van der Waals surface area (Å²) in [5.41, 5.74) is 4.21. The van der Waals surface area contributed by atoms with E-state index in [4.69, 9.17) is 9.47 Å². The van der Waals surface area contributed by atoms with E-state index in [1.54, 1.807) is 7.11 Å². The van der Waals surface area contributed by atoms with Crippen LogP contribution in [0.2, 0.25) is 0 Å². The third-order valence-electron chi connectivity index (χ3n) is 7.02. The molecule has 1 heterocycles. The SMILES string of the molecule is COc1cccc(CCNC[C@@H](O)[C@H](Cc2ccccc2)NC(=O)C2=Cc3ccccc3Oc3ccccc32)c1. The lowest BCUT2D eigenvalue weighted by atomic mass is 9.98. The molecule has 5 rings (SSSR count). The van der Waals surface area contributed by atoms with Crippen molar-refractivity contribution < 1.29 is 19.4 Å². The Labute approximate surface area is 235 Å². The third kappa shape index (κ3) is 6.78. The van der Waals surface area contributed by atoms with Crippen LogP contribution in [0, 0.1) is 0 Å². The van der Waals surface area contributed by atoms with Crippen LogP contribution in [0.1, 0.15) is 22.3 Å². The average Bonchev–Trinajstić information content (AvgIpc) is 3.16. The number of nitrogens with one attached hydrogen (secondary N) is 2. The maximum atomic E-state index is 13.8. The number of aliphatic hydroxyl groups excluding tert-OH is 1. The summed E-state index contributed by atoms with van der Waals surface area (Å²) in [4.78, 5) is 13.8. The molecule has 4 aromatic carbocycles. The largest absolute Gasteiger partial charge is 0.497 e. The van der Waals surface area contributed by atoms with Crippen LogP contribution in [-0.2, 0) is 17.6 Å². The maximum Gasteiger partial charge on any atom is 0.252 e. The zero-order valence-corrected chi connectivity index (χ0v) is 22.5. The van der Waals surface area contributed by atoms with E-state index >= 15 is 0 Å². The molecular formula is C34H34N2O4. The second-order valence-corrected chi connectivity index (χ2v) is 9.84. The Bertz CT molecular complexity index is 1470. The number of hydrogen-bond donors (Lipinski definition) is 3. The quantitative estimate of drug-likeness (QED) is 0.229. The van der Waals surface area contributed by atoms with Gasteiger partial charge in [-0.25, -0.2) is 0 Å². The van der Waals surface area contributed by atoms with E-state index in [1.807, 2.05) is 103 Å². The van der Waals surface area contributed by atoms with Gasteiger partial charge in [0.25, 0.3) is 5.91 Å². The molecule has 0 saturated heterocycles. The number of para-hydroxylation sites is 2. The van der Waals surface area contributed by atoms with Gasteiger partial charge in [0.05, 0.1) is 24.8 Å². The van der Waals surface area contributed by atoms with E-state index in [0.29, 0.717) is 42.1 Å². The molecule has 6 nitrogen and oxygen atoms in total. The summed E-state index contributed by atoms with van der Waals surface area (Å²) in [6, 6.07) is 32.5. The lowest BCUT2D eigenvalue weighted by Crippen LogP contribution is -2.49. The van der Waals surface area contributed by atoms with E-state index in [1.165, 1.54) is 0 Å². The second-order valence-electron chi connectivity index (χ2n) is 9.84. The smallest absolute Gasteiger partial charge is 0.252 e. The summed E-state index contributed by atoms with van der Waals surface area (Å²) < 4.78 is 11.5. The molecule has 1 aliphatic heterocycles. The van der Waals surface area contributed by atoms with Crippen molar-refractivity contribution in [2.75, 3.05) is 20.2 Å². The van der Waals surface area contributed by atoms with E-state index in [2.05, 4.69) is 16.7 Å². The molecule has 0 bridgehead atoms. The summed E-state index contributed by atoms with van der Waals surface area (Å²) in [5, 5.41) is 17.8. The minimum Gasteiger partial charge on any atom is -0.497 e. The molecule has 2 atom stereocenters. The van der Waals surface area contributed by atoms with E-state index in [-0.39, 0.29) is 5.91 Å². The van der Waals surface area contributed by atoms with Crippen molar-refractivity contribution >= 4 is 17.6 Å². The number of aliphatic hydroxyl groups is 1. The highest BCUT2D eigenvalue weighted by Crippen LogP contribution is 2.37. The first-order valence-corrected chi connectivity index (χ1v) is 13.5. The van der Waals surface area contributed by atoms with Crippen LogP contribution < -0.4 is 20.1 Å². The molecule has 0 saturated carbocycles. The number of ether oxygens (including phenoxy) is 2. The Hall–Kier alpha value is -4.39. The molecule has 0 unspecified atom stereocenters. The summed E-state index contributed by atoms with van der Waals surface area (Å²) in [6.45, 7) is 1.02. The fraction of sp³-hybridized carbons (Fsp3) is 0.206.